The molecule has 0 spiro atoms. The maximum Gasteiger partial charge on any atom is 0.270 e. The predicted molar refractivity (Wildman–Crippen MR) is 76.5 cm³/mol. The number of aliphatic hydroxyl groups excluding tert-OH is 1. The van der Waals surface area contributed by atoms with Crippen LogP contribution in [0.1, 0.15) is 0 Å². The second-order valence-corrected chi connectivity index (χ2v) is 4.55. The van der Waals surface area contributed by atoms with Gasteiger partial charge in [-0.25, -0.2) is 4.98 Å². The molecule has 9 heteroatoms. The average Bonchev–Trinajstić information content (AvgIpc) is 2.82. The maximum atomic E-state index is 10.9. The fraction of sp³-hybridized carbons (Fsp3) is 0.167. The fourth-order valence-corrected chi connectivity index (χ4v) is 2.18. The third kappa shape index (κ3) is 2.34. The van der Waals surface area contributed by atoms with E-state index < -0.39 is 4.92 Å². The summed E-state index contributed by atoms with van der Waals surface area (Å²) >= 11 is 5.86. The van der Waals surface area contributed by atoms with E-state index >= 15 is 0 Å². The summed E-state index contributed by atoms with van der Waals surface area (Å²) in [6.07, 6.45) is 0. The minimum atomic E-state index is -0.494. The fourth-order valence-electron chi connectivity index (χ4n) is 2.01. The standard InChI is InChI=1S/C12H9ClN4O4/c13-12-15-9-7-5-6(17(19)20)1-2-8(7)21-10(9)11(16-12)14-3-4-18/h1-2,5,18H,3-4H2,(H,14,15,16). The van der Waals surface area contributed by atoms with Crippen LogP contribution in [0.15, 0.2) is 22.6 Å². The van der Waals surface area contributed by atoms with Crippen molar-refractivity contribution in [2.24, 2.45) is 0 Å². The van der Waals surface area contributed by atoms with E-state index in [9.17, 15) is 10.1 Å². The van der Waals surface area contributed by atoms with Gasteiger partial charge in [0.25, 0.3) is 5.69 Å². The molecule has 0 aliphatic heterocycles. The van der Waals surface area contributed by atoms with E-state index in [0.717, 1.165) is 0 Å². The highest BCUT2D eigenvalue weighted by molar-refractivity contribution is 6.29. The third-order valence-corrected chi connectivity index (χ3v) is 3.05. The van der Waals surface area contributed by atoms with Gasteiger partial charge in [-0.05, 0) is 17.7 Å². The summed E-state index contributed by atoms with van der Waals surface area (Å²) in [7, 11) is 0. The number of halogens is 1. The van der Waals surface area contributed by atoms with Gasteiger partial charge in [-0.15, -0.1) is 0 Å². The Morgan fingerprint density at radius 2 is 2.24 bits per heavy atom. The summed E-state index contributed by atoms with van der Waals surface area (Å²) in [5.74, 6) is 0.331. The van der Waals surface area contributed by atoms with Gasteiger partial charge >= 0.3 is 0 Å². The SMILES string of the molecule is O=[N+]([O-])c1ccc2oc3c(NCCO)nc(Cl)nc3c2c1. The van der Waals surface area contributed by atoms with Crippen LogP contribution in [-0.2, 0) is 0 Å². The van der Waals surface area contributed by atoms with Gasteiger partial charge in [0.1, 0.15) is 11.1 Å². The molecule has 21 heavy (non-hydrogen) atoms. The number of nitro groups is 1. The first kappa shape index (κ1) is 13.5. The highest BCUT2D eigenvalue weighted by Gasteiger charge is 2.17. The Hall–Kier alpha value is -2.45. The van der Waals surface area contributed by atoms with Crippen LogP contribution in [0, 0.1) is 10.1 Å². The van der Waals surface area contributed by atoms with E-state index in [1.165, 1.54) is 18.2 Å². The van der Waals surface area contributed by atoms with E-state index in [4.69, 9.17) is 21.1 Å². The van der Waals surface area contributed by atoms with Crippen LogP contribution in [0.25, 0.3) is 22.1 Å². The molecule has 0 atom stereocenters. The van der Waals surface area contributed by atoms with Crippen LogP contribution in [0.4, 0.5) is 11.5 Å². The van der Waals surface area contributed by atoms with Gasteiger partial charge in [0, 0.05) is 18.7 Å². The van der Waals surface area contributed by atoms with E-state index in [1.807, 2.05) is 0 Å². The molecule has 8 nitrogen and oxygen atoms in total. The number of nitro benzene ring substituents is 1. The number of aliphatic hydroxyl groups is 1. The second-order valence-electron chi connectivity index (χ2n) is 4.21. The molecule has 2 heterocycles. The number of nitrogens with one attached hydrogen (secondary N) is 1. The molecule has 3 rings (SSSR count). The molecule has 108 valence electrons. The topological polar surface area (TPSA) is 114 Å². The summed E-state index contributed by atoms with van der Waals surface area (Å²) in [4.78, 5) is 18.4. The lowest BCUT2D eigenvalue weighted by molar-refractivity contribution is -0.384. The molecular formula is C12H9ClN4O4. The molecule has 0 fully saturated rings. The van der Waals surface area contributed by atoms with Crippen molar-refractivity contribution in [3.05, 3.63) is 33.6 Å². The van der Waals surface area contributed by atoms with Gasteiger partial charge in [-0.1, -0.05) is 0 Å². The Morgan fingerprint density at radius 1 is 1.43 bits per heavy atom. The summed E-state index contributed by atoms with van der Waals surface area (Å²) < 4.78 is 5.62. The molecule has 0 bridgehead atoms. The lowest BCUT2D eigenvalue weighted by Gasteiger charge is -2.03. The monoisotopic (exact) mass is 308 g/mol. The summed E-state index contributed by atoms with van der Waals surface area (Å²) in [5.41, 5.74) is 1.10. The summed E-state index contributed by atoms with van der Waals surface area (Å²) in [5, 5.41) is 23.0. The summed E-state index contributed by atoms with van der Waals surface area (Å²) in [6, 6.07) is 4.22. The smallest absolute Gasteiger partial charge is 0.270 e. The molecule has 2 aromatic heterocycles. The first-order valence-electron chi connectivity index (χ1n) is 5.99. The lowest BCUT2D eigenvalue weighted by atomic mass is 10.2. The quantitative estimate of drug-likeness (QED) is 0.432. The second kappa shape index (κ2) is 5.15. The van der Waals surface area contributed by atoms with Gasteiger partial charge in [0.05, 0.1) is 16.9 Å². The van der Waals surface area contributed by atoms with Crippen molar-refractivity contribution in [1.29, 1.82) is 0 Å². The first-order valence-corrected chi connectivity index (χ1v) is 6.37. The Morgan fingerprint density at radius 3 is 2.95 bits per heavy atom. The van der Waals surface area contributed by atoms with Gasteiger partial charge < -0.3 is 14.8 Å². The van der Waals surface area contributed by atoms with E-state index in [1.54, 1.807) is 0 Å². The van der Waals surface area contributed by atoms with Crippen molar-refractivity contribution in [2.75, 3.05) is 18.5 Å². The molecular weight excluding hydrogens is 300 g/mol. The number of benzene rings is 1. The van der Waals surface area contributed by atoms with Crippen molar-refractivity contribution >= 4 is 45.2 Å². The Kier molecular flexibility index (Phi) is 3.32. The van der Waals surface area contributed by atoms with Crippen molar-refractivity contribution < 1.29 is 14.4 Å². The number of anilines is 1. The van der Waals surface area contributed by atoms with Crippen LogP contribution in [-0.4, -0.2) is 33.1 Å². The van der Waals surface area contributed by atoms with Crippen LogP contribution in [0.2, 0.25) is 5.28 Å². The largest absolute Gasteiger partial charge is 0.450 e. The molecule has 1 aromatic carbocycles. The van der Waals surface area contributed by atoms with Gasteiger partial charge in [-0.3, -0.25) is 10.1 Å². The minimum Gasteiger partial charge on any atom is -0.450 e. The molecule has 0 amide bonds. The van der Waals surface area contributed by atoms with Gasteiger partial charge in [0.2, 0.25) is 5.28 Å². The average molecular weight is 309 g/mol. The number of hydrogen-bond donors (Lipinski definition) is 2. The molecule has 2 N–H and O–H groups in total. The van der Waals surface area contributed by atoms with Crippen LogP contribution in [0.5, 0.6) is 0 Å². The zero-order valence-corrected chi connectivity index (χ0v) is 11.3. The van der Waals surface area contributed by atoms with E-state index in [2.05, 4.69) is 15.3 Å². The van der Waals surface area contributed by atoms with Crippen molar-refractivity contribution in [3.8, 4) is 0 Å². The number of nitrogens with zero attached hydrogens (tertiary/aromatic N) is 3. The number of non-ortho nitro benzene ring substituents is 1. The number of hydrogen-bond acceptors (Lipinski definition) is 7. The Labute approximate surface area is 122 Å². The molecule has 3 aromatic rings. The predicted octanol–water partition coefficient (Wildman–Crippen LogP) is 2.34. The molecule has 0 aliphatic carbocycles. The third-order valence-electron chi connectivity index (χ3n) is 2.88. The lowest BCUT2D eigenvalue weighted by Crippen LogP contribution is -2.07. The zero-order chi connectivity index (χ0) is 15.0. The van der Waals surface area contributed by atoms with Crippen LogP contribution >= 0.6 is 11.6 Å². The van der Waals surface area contributed by atoms with Crippen molar-refractivity contribution in [2.45, 2.75) is 0 Å². The number of rotatable bonds is 4. The minimum absolute atomic E-state index is 0.0165. The molecule has 0 saturated heterocycles. The van der Waals surface area contributed by atoms with Gasteiger partial charge in [0.15, 0.2) is 11.4 Å². The molecule has 0 unspecified atom stereocenters. The highest BCUT2D eigenvalue weighted by Crippen LogP contribution is 2.33. The summed E-state index contributed by atoms with van der Waals surface area (Å²) in [6.45, 7) is 0.175. The highest BCUT2D eigenvalue weighted by atomic mass is 35.5. The molecule has 0 aliphatic rings. The Balaban J connectivity index is 2.28. The number of fused-ring (bicyclic) bond motifs is 3. The maximum absolute atomic E-state index is 10.9. The van der Waals surface area contributed by atoms with Crippen LogP contribution < -0.4 is 5.32 Å². The molecule has 0 saturated carbocycles. The number of furan rings is 1. The van der Waals surface area contributed by atoms with E-state index in [0.29, 0.717) is 27.9 Å². The number of aromatic nitrogens is 2. The Bertz CT molecular complexity index is 848. The van der Waals surface area contributed by atoms with Gasteiger partial charge in [-0.2, -0.15) is 4.98 Å². The molecule has 0 radical (unpaired) electrons. The van der Waals surface area contributed by atoms with Crippen LogP contribution in [0.3, 0.4) is 0 Å². The zero-order valence-electron chi connectivity index (χ0n) is 10.5. The first-order chi connectivity index (χ1) is 10.1. The van der Waals surface area contributed by atoms with E-state index in [-0.39, 0.29) is 24.1 Å². The normalized spacial score (nSPS) is 11.1. The van der Waals surface area contributed by atoms with Crippen molar-refractivity contribution in [1.82, 2.24) is 9.97 Å². The van der Waals surface area contributed by atoms with Crippen molar-refractivity contribution in [3.63, 3.8) is 0 Å².